The van der Waals surface area contributed by atoms with Gasteiger partial charge >= 0.3 is 0 Å². The molecule has 1 aliphatic carbocycles. The molecule has 0 bridgehead atoms. The summed E-state index contributed by atoms with van der Waals surface area (Å²) in [5, 5.41) is 21.2. The summed E-state index contributed by atoms with van der Waals surface area (Å²) in [6.07, 6.45) is 5.35. The largest absolute Gasteiger partial charge is 0.396 e. The maximum Gasteiger partial charge on any atom is 0.220 e. The van der Waals surface area contributed by atoms with E-state index in [1.165, 1.54) is 0 Å². The first kappa shape index (κ1) is 12.5. The predicted molar refractivity (Wildman–Crippen MR) is 57.3 cm³/mol. The van der Waals surface area contributed by atoms with Crippen molar-refractivity contribution in [3.63, 3.8) is 0 Å². The van der Waals surface area contributed by atoms with E-state index >= 15 is 0 Å². The van der Waals surface area contributed by atoms with E-state index in [1.807, 2.05) is 0 Å². The number of aliphatic hydroxyl groups is 2. The third-order valence-corrected chi connectivity index (χ3v) is 2.89. The number of amides is 1. The van der Waals surface area contributed by atoms with Crippen molar-refractivity contribution in [3.8, 4) is 0 Å². The molecule has 0 aromatic carbocycles. The summed E-state index contributed by atoms with van der Waals surface area (Å²) in [6.45, 7) is 0.0423. The zero-order valence-electron chi connectivity index (χ0n) is 9.11. The second kappa shape index (κ2) is 6.80. The standard InChI is InChI=1S/C11H21NO3/c13-8-4-7-11(15)12-9-5-2-1-3-6-10(9)14/h9-10,13-14H,1-8H2,(H,12,15). The Morgan fingerprint density at radius 1 is 1.27 bits per heavy atom. The topological polar surface area (TPSA) is 69.6 Å². The van der Waals surface area contributed by atoms with Crippen molar-refractivity contribution in [2.45, 2.75) is 57.1 Å². The van der Waals surface area contributed by atoms with Gasteiger partial charge in [0.1, 0.15) is 0 Å². The van der Waals surface area contributed by atoms with E-state index in [1.54, 1.807) is 0 Å². The molecular weight excluding hydrogens is 194 g/mol. The Morgan fingerprint density at radius 3 is 2.73 bits per heavy atom. The van der Waals surface area contributed by atoms with Crippen molar-refractivity contribution < 1.29 is 15.0 Å². The van der Waals surface area contributed by atoms with Crippen LogP contribution in [0.2, 0.25) is 0 Å². The highest BCUT2D eigenvalue weighted by Crippen LogP contribution is 2.18. The average molecular weight is 215 g/mol. The normalized spacial score (nSPS) is 27.1. The highest BCUT2D eigenvalue weighted by atomic mass is 16.3. The van der Waals surface area contributed by atoms with Crippen LogP contribution in [0.1, 0.15) is 44.9 Å². The van der Waals surface area contributed by atoms with Gasteiger partial charge in [0.15, 0.2) is 0 Å². The van der Waals surface area contributed by atoms with Gasteiger partial charge in [-0.2, -0.15) is 0 Å². The zero-order chi connectivity index (χ0) is 11.1. The molecule has 2 atom stereocenters. The van der Waals surface area contributed by atoms with E-state index in [2.05, 4.69) is 5.32 Å². The maximum absolute atomic E-state index is 11.4. The van der Waals surface area contributed by atoms with Gasteiger partial charge < -0.3 is 15.5 Å². The number of aliphatic hydroxyl groups excluding tert-OH is 2. The molecule has 1 rings (SSSR count). The van der Waals surface area contributed by atoms with E-state index in [9.17, 15) is 9.90 Å². The van der Waals surface area contributed by atoms with E-state index in [0.29, 0.717) is 12.8 Å². The van der Waals surface area contributed by atoms with E-state index in [-0.39, 0.29) is 18.6 Å². The van der Waals surface area contributed by atoms with Gasteiger partial charge in [0.2, 0.25) is 5.91 Å². The van der Waals surface area contributed by atoms with Gasteiger partial charge in [0.25, 0.3) is 0 Å². The van der Waals surface area contributed by atoms with E-state index in [4.69, 9.17) is 5.11 Å². The summed E-state index contributed by atoms with van der Waals surface area (Å²) in [6, 6.07) is -0.0845. The predicted octanol–water partition coefficient (Wildman–Crippen LogP) is 0.569. The fourth-order valence-corrected chi connectivity index (χ4v) is 1.98. The minimum atomic E-state index is -0.398. The second-order valence-electron chi connectivity index (χ2n) is 4.21. The minimum Gasteiger partial charge on any atom is -0.396 e. The average Bonchev–Trinajstić information content (AvgIpc) is 2.42. The Morgan fingerprint density at radius 2 is 2.00 bits per heavy atom. The Hall–Kier alpha value is -0.610. The fourth-order valence-electron chi connectivity index (χ4n) is 1.98. The highest BCUT2D eigenvalue weighted by Gasteiger charge is 2.22. The number of nitrogens with one attached hydrogen (secondary N) is 1. The van der Waals surface area contributed by atoms with E-state index < -0.39 is 6.10 Å². The number of carbonyl (C=O) groups excluding carboxylic acids is 1. The Kier molecular flexibility index (Phi) is 5.65. The molecular formula is C11H21NO3. The summed E-state index contributed by atoms with van der Waals surface area (Å²) in [4.78, 5) is 11.4. The highest BCUT2D eigenvalue weighted by molar-refractivity contribution is 5.76. The third kappa shape index (κ3) is 4.62. The molecule has 1 amide bonds. The van der Waals surface area contributed by atoms with Crippen LogP contribution >= 0.6 is 0 Å². The maximum atomic E-state index is 11.4. The Labute approximate surface area is 90.7 Å². The van der Waals surface area contributed by atoms with Crippen molar-refractivity contribution in [2.75, 3.05) is 6.61 Å². The van der Waals surface area contributed by atoms with Gasteiger partial charge in [-0.1, -0.05) is 19.3 Å². The zero-order valence-corrected chi connectivity index (χ0v) is 9.11. The molecule has 0 spiro atoms. The molecule has 1 fully saturated rings. The van der Waals surface area contributed by atoms with Crippen molar-refractivity contribution in [1.29, 1.82) is 0 Å². The van der Waals surface area contributed by atoms with Crippen molar-refractivity contribution >= 4 is 5.91 Å². The quantitative estimate of drug-likeness (QED) is 0.600. The Bertz CT molecular complexity index is 196. The number of hydrogen-bond acceptors (Lipinski definition) is 3. The molecule has 15 heavy (non-hydrogen) atoms. The molecule has 0 saturated heterocycles. The number of rotatable bonds is 4. The van der Waals surface area contributed by atoms with Crippen molar-refractivity contribution in [3.05, 3.63) is 0 Å². The fraction of sp³-hybridized carbons (Fsp3) is 0.909. The lowest BCUT2D eigenvalue weighted by molar-refractivity contribution is -0.123. The third-order valence-electron chi connectivity index (χ3n) is 2.89. The first-order valence-electron chi connectivity index (χ1n) is 5.82. The number of carbonyl (C=O) groups is 1. The van der Waals surface area contributed by atoms with Gasteiger partial charge in [-0.25, -0.2) is 0 Å². The van der Waals surface area contributed by atoms with Crippen LogP contribution in [0, 0.1) is 0 Å². The van der Waals surface area contributed by atoms with Crippen LogP contribution in [0.15, 0.2) is 0 Å². The van der Waals surface area contributed by atoms with Gasteiger partial charge in [-0.15, -0.1) is 0 Å². The van der Waals surface area contributed by atoms with Crippen molar-refractivity contribution in [2.24, 2.45) is 0 Å². The summed E-state index contributed by atoms with van der Waals surface area (Å²) in [7, 11) is 0. The first-order valence-corrected chi connectivity index (χ1v) is 5.82. The lowest BCUT2D eigenvalue weighted by atomic mass is 10.1. The summed E-state index contributed by atoms with van der Waals surface area (Å²) >= 11 is 0. The van der Waals surface area contributed by atoms with Crippen LogP contribution in [-0.4, -0.2) is 34.9 Å². The van der Waals surface area contributed by atoms with Crippen molar-refractivity contribution in [1.82, 2.24) is 5.32 Å². The molecule has 1 saturated carbocycles. The summed E-state index contributed by atoms with van der Waals surface area (Å²) < 4.78 is 0. The molecule has 0 heterocycles. The van der Waals surface area contributed by atoms with Gasteiger partial charge in [0, 0.05) is 13.0 Å². The monoisotopic (exact) mass is 215 g/mol. The molecule has 2 unspecified atom stereocenters. The molecule has 0 aliphatic heterocycles. The van der Waals surface area contributed by atoms with Crippen LogP contribution < -0.4 is 5.32 Å². The van der Waals surface area contributed by atoms with Gasteiger partial charge in [-0.3, -0.25) is 4.79 Å². The molecule has 3 N–H and O–H groups in total. The van der Waals surface area contributed by atoms with Crippen LogP contribution in [0.5, 0.6) is 0 Å². The first-order chi connectivity index (χ1) is 7.24. The second-order valence-corrected chi connectivity index (χ2v) is 4.21. The van der Waals surface area contributed by atoms with Gasteiger partial charge in [0.05, 0.1) is 12.1 Å². The minimum absolute atomic E-state index is 0.0423. The summed E-state index contributed by atoms with van der Waals surface area (Å²) in [5.74, 6) is -0.0602. The van der Waals surface area contributed by atoms with E-state index in [0.717, 1.165) is 32.1 Å². The van der Waals surface area contributed by atoms with Crippen LogP contribution in [0.25, 0.3) is 0 Å². The van der Waals surface area contributed by atoms with Crippen LogP contribution in [-0.2, 0) is 4.79 Å². The molecule has 0 aromatic rings. The molecule has 0 aromatic heterocycles. The van der Waals surface area contributed by atoms with Gasteiger partial charge in [-0.05, 0) is 19.3 Å². The summed E-state index contributed by atoms with van der Waals surface area (Å²) in [5.41, 5.74) is 0. The smallest absolute Gasteiger partial charge is 0.220 e. The molecule has 88 valence electrons. The Balaban J connectivity index is 2.30. The lowest BCUT2D eigenvalue weighted by Crippen LogP contribution is -2.42. The van der Waals surface area contributed by atoms with Crippen LogP contribution in [0.3, 0.4) is 0 Å². The molecule has 0 radical (unpaired) electrons. The molecule has 4 heteroatoms. The molecule has 1 aliphatic rings. The lowest BCUT2D eigenvalue weighted by Gasteiger charge is -2.21. The number of hydrogen-bond donors (Lipinski definition) is 3. The SMILES string of the molecule is O=C(CCCO)NC1CCCCCC1O. The molecule has 4 nitrogen and oxygen atoms in total. The van der Waals surface area contributed by atoms with Crippen LogP contribution in [0.4, 0.5) is 0 Å².